The number of likely N-dealkylation sites (N-methyl/N-ethyl adjacent to an activating group) is 1. The number of benzene rings is 1. The van der Waals surface area contributed by atoms with Crippen molar-refractivity contribution in [1.29, 1.82) is 0 Å². The first kappa shape index (κ1) is 14.4. The number of halogens is 1. The van der Waals surface area contributed by atoms with Gasteiger partial charge >= 0.3 is 0 Å². The summed E-state index contributed by atoms with van der Waals surface area (Å²) in [6.45, 7) is 3.05. The molecule has 0 radical (unpaired) electrons. The van der Waals surface area contributed by atoms with E-state index in [1.54, 1.807) is 12.1 Å². The molecule has 0 aliphatic carbocycles. The second-order valence-electron chi connectivity index (χ2n) is 4.99. The third kappa shape index (κ3) is 4.56. The molecule has 1 unspecified atom stereocenters. The Hall–Kier alpha value is -0.970. The van der Waals surface area contributed by atoms with Crippen molar-refractivity contribution in [3.05, 3.63) is 35.6 Å². The first-order valence-electron chi connectivity index (χ1n) is 6.89. The van der Waals surface area contributed by atoms with Crippen LogP contribution in [-0.2, 0) is 9.47 Å². The fourth-order valence-corrected chi connectivity index (χ4v) is 2.33. The van der Waals surface area contributed by atoms with Crippen LogP contribution in [0.1, 0.15) is 24.5 Å². The Morgan fingerprint density at radius 1 is 1.42 bits per heavy atom. The second-order valence-corrected chi connectivity index (χ2v) is 4.99. The van der Waals surface area contributed by atoms with E-state index in [-0.39, 0.29) is 11.9 Å². The molecule has 1 aliphatic rings. The number of nitrogens with one attached hydrogen (secondary N) is 1. The summed E-state index contributed by atoms with van der Waals surface area (Å²) in [4.78, 5) is 0. The third-order valence-corrected chi connectivity index (χ3v) is 3.48. The van der Waals surface area contributed by atoms with Gasteiger partial charge in [0.2, 0.25) is 0 Å². The van der Waals surface area contributed by atoms with Gasteiger partial charge in [0.25, 0.3) is 0 Å². The van der Waals surface area contributed by atoms with Gasteiger partial charge in [-0.25, -0.2) is 4.39 Å². The van der Waals surface area contributed by atoms with Crippen LogP contribution in [0.4, 0.5) is 4.39 Å². The van der Waals surface area contributed by atoms with Gasteiger partial charge in [-0.2, -0.15) is 0 Å². The summed E-state index contributed by atoms with van der Waals surface area (Å²) in [6.07, 6.45) is 2.01. The Balaban J connectivity index is 1.91. The molecule has 0 amide bonds. The molecular formula is C15H22FNO2. The van der Waals surface area contributed by atoms with Crippen molar-refractivity contribution in [2.75, 3.05) is 33.4 Å². The molecule has 1 aromatic carbocycles. The number of hydrogen-bond acceptors (Lipinski definition) is 3. The summed E-state index contributed by atoms with van der Waals surface area (Å²) in [5.74, 6) is 0.343. The smallest absolute Gasteiger partial charge is 0.123 e. The summed E-state index contributed by atoms with van der Waals surface area (Å²) in [7, 11) is 1.88. The summed E-state index contributed by atoms with van der Waals surface area (Å²) in [6, 6.07) is 6.64. The van der Waals surface area contributed by atoms with Gasteiger partial charge in [0, 0.05) is 19.8 Å². The zero-order valence-electron chi connectivity index (χ0n) is 11.4. The lowest BCUT2D eigenvalue weighted by atomic mass is 10.0. The normalized spacial score (nSPS) is 18.4. The molecule has 1 aliphatic heterocycles. The van der Waals surface area contributed by atoms with Gasteiger partial charge in [-0.05, 0) is 43.5 Å². The molecular weight excluding hydrogens is 245 g/mol. The quantitative estimate of drug-likeness (QED) is 0.859. The van der Waals surface area contributed by atoms with E-state index in [0.717, 1.165) is 31.6 Å². The van der Waals surface area contributed by atoms with Gasteiger partial charge in [0.15, 0.2) is 0 Å². The van der Waals surface area contributed by atoms with Crippen molar-refractivity contribution in [3.8, 4) is 0 Å². The summed E-state index contributed by atoms with van der Waals surface area (Å²) in [5.41, 5.74) is 0.890. The Kier molecular flexibility index (Phi) is 5.76. The molecule has 1 N–H and O–H groups in total. The zero-order valence-corrected chi connectivity index (χ0v) is 11.4. The molecule has 0 spiro atoms. The van der Waals surface area contributed by atoms with Crippen molar-refractivity contribution < 1.29 is 13.9 Å². The number of rotatable bonds is 6. The van der Waals surface area contributed by atoms with E-state index < -0.39 is 0 Å². The van der Waals surface area contributed by atoms with E-state index in [1.807, 2.05) is 13.1 Å². The maximum atomic E-state index is 13.3. The molecule has 106 valence electrons. The Morgan fingerprint density at radius 3 is 2.89 bits per heavy atom. The fraction of sp³-hybridized carbons (Fsp3) is 0.600. The van der Waals surface area contributed by atoms with Crippen LogP contribution < -0.4 is 5.32 Å². The topological polar surface area (TPSA) is 30.5 Å². The lowest BCUT2D eigenvalue weighted by Gasteiger charge is -2.25. The van der Waals surface area contributed by atoms with Gasteiger partial charge in [-0.15, -0.1) is 0 Å². The van der Waals surface area contributed by atoms with Gasteiger partial charge in [0.1, 0.15) is 5.82 Å². The van der Waals surface area contributed by atoms with Crippen molar-refractivity contribution in [1.82, 2.24) is 5.32 Å². The van der Waals surface area contributed by atoms with E-state index >= 15 is 0 Å². The SMILES string of the molecule is CNCC(OCC1CCOCC1)c1cccc(F)c1. The molecule has 1 heterocycles. The predicted octanol–water partition coefficient (Wildman–Crippen LogP) is 2.53. The van der Waals surface area contributed by atoms with Crippen LogP contribution in [0.2, 0.25) is 0 Å². The number of hydrogen-bond donors (Lipinski definition) is 1. The minimum atomic E-state index is -0.215. The van der Waals surface area contributed by atoms with Crippen LogP contribution in [0.15, 0.2) is 24.3 Å². The molecule has 1 fully saturated rings. The first-order chi connectivity index (χ1) is 9.29. The lowest BCUT2D eigenvalue weighted by molar-refractivity contribution is -0.0109. The summed E-state index contributed by atoms with van der Waals surface area (Å²) >= 11 is 0. The standard InChI is InChI=1S/C15H22FNO2/c1-17-10-15(13-3-2-4-14(16)9-13)19-11-12-5-7-18-8-6-12/h2-4,9,12,15,17H,5-8,10-11H2,1H3. The van der Waals surface area contributed by atoms with E-state index in [2.05, 4.69) is 5.32 Å². The van der Waals surface area contributed by atoms with E-state index in [4.69, 9.17) is 9.47 Å². The Morgan fingerprint density at radius 2 is 2.21 bits per heavy atom. The molecule has 0 bridgehead atoms. The molecule has 1 atom stereocenters. The maximum Gasteiger partial charge on any atom is 0.123 e. The van der Waals surface area contributed by atoms with Gasteiger partial charge in [-0.3, -0.25) is 0 Å². The zero-order chi connectivity index (χ0) is 13.5. The summed E-state index contributed by atoms with van der Waals surface area (Å²) < 4.78 is 24.6. The van der Waals surface area contributed by atoms with Gasteiger partial charge < -0.3 is 14.8 Å². The molecule has 1 aromatic rings. The van der Waals surface area contributed by atoms with Crippen LogP contribution in [0.3, 0.4) is 0 Å². The van der Waals surface area contributed by atoms with E-state index in [0.29, 0.717) is 19.1 Å². The average Bonchev–Trinajstić information content (AvgIpc) is 2.44. The van der Waals surface area contributed by atoms with Crippen molar-refractivity contribution in [2.45, 2.75) is 18.9 Å². The Labute approximate surface area is 114 Å². The highest BCUT2D eigenvalue weighted by atomic mass is 19.1. The number of ether oxygens (including phenoxy) is 2. The highest BCUT2D eigenvalue weighted by Crippen LogP contribution is 2.22. The second kappa shape index (κ2) is 7.58. The van der Waals surface area contributed by atoms with Crippen LogP contribution in [-0.4, -0.2) is 33.4 Å². The van der Waals surface area contributed by atoms with Crippen LogP contribution in [0, 0.1) is 11.7 Å². The Bertz CT molecular complexity index is 380. The largest absolute Gasteiger partial charge is 0.381 e. The van der Waals surface area contributed by atoms with Crippen LogP contribution in [0.25, 0.3) is 0 Å². The molecule has 0 saturated carbocycles. The highest BCUT2D eigenvalue weighted by Gasteiger charge is 2.18. The van der Waals surface area contributed by atoms with Crippen molar-refractivity contribution >= 4 is 0 Å². The van der Waals surface area contributed by atoms with Crippen molar-refractivity contribution in [3.63, 3.8) is 0 Å². The van der Waals surface area contributed by atoms with Gasteiger partial charge in [-0.1, -0.05) is 12.1 Å². The first-order valence-corrected chi connectivity index (χ1v) is 6.89. The maximum absolute atomic E-state index is 13.3. The molecule has 3 nitrogen and oxygen atoms in total. The fourth-order valence-electron chi connectivity index (χ4n) is 2.33. The molecule has 19 heavy (non-hydrogen) atoms. The van der Waals surface area contributed by atoms with E-state index in [9.17, 15) is 4.39 Å². The van der Waals surface area contributed by atoms with Crippen LogP contribution >= 0.6 is 0 Å². The van der Waals surface area contributed by atoms with Gasteiger partial charge in [0.05, 0.1) is 12.7 Å². The van der Waals surface area contributed by atoms with E-state index in [1.165, 1.54) is 6.07 Å². The predicted molar refractivity (Wildman–Crippen MR) is 72.6 cm³/mol. The third-order valence-electron chi connectivity index (χ3n) is 3.48. The molecule has 0 aromatic heterocycles. The van der Waals surface area contributed by atoms with Crippen LogP contribution in [0.5, 0.6) is 0 Å². The minimum absolute atomic E-state index is 0.0939. The van der Waals surface area contributed by atoms with Crippen molar-refractivity contribution in [2.24, 2.45) is 5.92 Å². The molecule has 2 rings (SSSR count). The lowest BCUT2D eigenvalue weighted by Crippen LogP contribution is -2.25. The average molecular weight is 267 g/mol. The molecule has 1 saturated heterocycles. The molecule has 4 heteroatoms. The highest BCUT2D eigenvalue weighted by molar-refractivity contribution is 5.19. The summed E-state index contributed by atoms with van der Waals surface area (Å²) in [5, 5.41) is 3.10. The minimum Gasteiger partial charge on any atom is -0.381 e. The monoisotopic (exact) mass is 267 g/mol.